The molecule has 14 heavy (non-hydrogen) atoms. The minimum absolute atomic E-state index is 0.0122. The third-order valence-corrected chi connectivity index (χ3v) is 3.12. The second kappa shape index (κ2) is 4.03. The molecule has 1 aromatic rings. The average Bonchev–Trinajstić information content (AvgIpc) is 2.92. The minimum atomic E-state index is -0.358. The van der Waals surface area contributed by atoms with E-state index >= 15 is 0 Å². The Hall–Kier alpha value is -0.340. The molecule has 0 bridgehead atoms. The van der Waals surface area contributed by atoms with E-state index < -0.39 is 0 Å². The molecule has 1 atom stereocenters. The van der Waals surface area contributed by atoms with E-state index in [1.54, 1.807) is 0 Å². The van der Waals surface area contributed by atoms with Crippen molar-refractivity contribution in [3.8, 4) is 0 Å². The molecule has 1 unspecified atom stereocenters. The molecule has 0 saturated heterocycles. The van der Waals surface area contributed by atoms with Crippen LogP contribution in [-0.2, 0) is 6.42 Å². The van der Waals surface area contributed by atoms with Gasteiger partial charge in [-0.25, -0.2) is 4.39 Å². The number of halogens is 3. The van der Waals surface area contributed by atoms with Gasteiger partial charge in [-0.15, -0.1) is 11.6 Å². The molecule has 1 heterocycles. The van der Waals surface area contributed by atoms with E-state index in [9.17, 15) is 4.39 Å². The molecular weight excluding hydrogens is 224 g/mol. The van der Waals surface area contributed by atoms with Crippen molar-refractivity contribution >= 4 is 23.2 Å². The van der Waals surface area contributed by atoms with Crippen molar-refractivity contribution in [2.45, 2.75) is 24.6 Å². The molecule has 0 amide bonds. The maximum atomic E-state index is 13.3. The van der Waals surface area contributed by atoms with Crippen LogP contribution < -0.4 is 0 Å². The summed E-state index contributed by atoms with van der Waals surface area (Å²) in [6, 6.07) is 1.28. The molecule has 0 N–H and O–H groups in total. The van der Waals surface area contributed by atoms with Gasteiger partial charge in [-0.05, 0) is 24.8 Å². The molecule has 0 radical (unpaired) electrons. The quantitative estimate of drug-likeness (QED) is 0.730. The van der Waals surface area contributed by atoms with Gasteiger partial charge in [0.05, 0.1) is 10.7 Å². The monoisotopic (exact) mass is 233 g/mol. The normalized spacial score (nSPS) is 18.2. The summed E-state index contributed by atoms with van der Waals surface area (Å²) in [7, 11) is 0. The van der Waals surface area contributed by atoms with Crippen LogP contribution in [0.2, 0.25) is 5.02 Å². The van der Waals surface area contributed by atoms with Crippen molar-refractivity contribution in [2.24, 2.45) is 5.92 Å². The van der Waals surface area contributed by atoms with Gasteiger partial charge in [0.15, 0.2) is 0 Å². The van der Waals surface area contributed by atoms with E-state index in [0.29, 0.717) is 23.1 Å². The molecule has 76 valence electrons. The van der Waals surface area contributed by atoms with Crippen molar-refractivity contribution in [3.63, 3.8) is 0 Å². The van der Waals surface area contributed by atoms with E-state index in [1.165, 1.54) is 12.3 Å². The molecule has 2 rings (SSSR count). The number of aromatic nitrogens is 1. The van der Waals surface area contributed by atoms with Crippen LogP contribution in [0.4, 0.5) is 4.39 Å². The van der Waals surface area contributed by atoms with Crippen LogP contribution in [0.1, 0.15) is 18.5 Å². The number of hydrogen-bond acceptors (Lipinski definition) is 1. The van der Waals surface area contributed by atoms with Gasteiger partial charge in [0.1, 0.15) is 5.82 Å². The van der Waals surface area contributed by atoms with Crippen LogP contribution in [-0.4, -0.2) is 10.4 Å². The van der Waals surface area contributed by atoms with Gasteiger partial charge in [-0.1, -0.05) is 11.6 Å². The van der Waals surface area contributed by atoms with Crippen LogP contribution >= 0.6 is 23.2 Å². The van der Waals surface area contributed by atoms with E-state index in [-0.39, 0.29) is 11.2 Å². The predicted molar refractivity (Wildman–Crippen MR) is 55.3 cm³/mol. The van der Waals surface area contributed by atoms with Crippen molar-refractivity contribution in [1.82, 2.24) is 4.98 Å². The summed E-state index contributed by atoms with van der Waals surface area (Å²) >= 11 is 11.7. The van der Waals surface area contributed by atoms with E-state index in [1.807, 2.05) is 0 Å². The van der Waals surface area contributed by atoms with Crippen molar-refractivity contribution in [3.05, 3.63) is 28.8 Å². The maximum Gasteiger partial charge on any atom is 0.146 e. The third kappa shape index (κ3) is 2.37. The summed E-state index contributed by atoms with van der Waals surface area (Å²) in [6.45, 7) is 0. The average molecular weight is 234 g/mol. The Morgan fingerprint density at radius 2 is 2.29 bits per heavy atom. The predicted octanol–water partition coefficient (Wildman–Crippen LogP) is 3.43. The lowest BCUT2D eigenvalue weighted by Crippen LogP contribution is -2.08. The maximum absolute atomic E-state index is 13.3. The zero-order chi connectivity index (χ0) is 10.1. The molecule has 4 heteroatoms. The second-order valence-corrected chi connectivity index (χ2v) is 4.64. The fourth-order valence-electron chi connectivity index (χ4n) is 1.40. The van der Waals surface area contributed by atoms with Crippen molar-refractivity contribution in [1.29, 1.82) is 0 Å². The molecule has 1 nitrogen and oxygen atoms in total. The Morgan fingerprint density at radius 1 is 1.57 bits per heavy atom. The third-order valence-electron chi connectivity index (χ3n) is 2.41. The molecule has 0 aromatic carbocycles. The highest BCUT2D eigenvalue weighted by Gasteiger charge is 2.30. The molecule has 0 spiro atoms. The standard InChI is InChI=1S/C10H10Cl2FN/c11-7-3-9(13)10(14-5-7)4-8(12)6-1-2-6/h3,5-6,8H,1-2,4H2. The first-order chi connectivity index (χ1) is 6.66. The Kier molecular flexibility index (Phi) is 2.93. The van der Waals surface area contributed by atoms with Gasteiger partial charge in [-0.2, -0.15) is 0 Å². The fourth-order valence-corrected chi connectivity index (χ4v) is 1.95. The van der Waals surface area contributed by atoms with Gasteiger partial charge < -0.3 is 0 Å². The van der Waals surface area contributed by atoms with Gasteiger partial charge in [0, 0.05) is 18.0 Å². The highest BCUT2D eigenvalue weighted by Crippen LogP contribution is 2.37. The molecule has 1 saturated carbocycles. The Balaban J connectivity index is 2.07. The number of pyridine rings is 1. The molecule has 1 fully saturated rings. The summed E-state index contributed by atoms with van der Waals surface area (Å²) in [5.74, 6) is 0.192. The Bertz CT molecular complexity index is 339. The molecule has 1 aromatic heterocycles. The highest BCUT2D eigenvalue weighted by molar-refractivity contribution is 6.30. The van der Waals surface area contributed by atoms with Crippen LogP contribution in [0.15, 0.2) is 12.3 Å². The fraction of sp³-hybridized carbons (Fsp3) is 0.500. The lowest BCUT2D eigenvalue weighted by Gasteiger charge is -2.07. The molecule has 0 aliphatic heterocycles. The summed E-state index contributed by atoms with van der Waals surface area (Å²) < 4.78 is 13.3. The van der Waals surface area contributed by atoms with Crippen LogP contribution in [0.25, 0.3) is 0 Å². The Labute approximate surface area is 92.2 Å². The first-order valence-electron chi connectivity index (χ1n) is 4.61. The largest absolute Gasteiger partial charge is 0.257 e. The van der Waals surface area contributed by atoms with Crippen LogP contribution in [0.3, 0.4) is 0 Å². The first-order valence-corrected chi connectivity index (χ1v) is 5.42. The van der Waals surface area contributed by atoms with Crippen LogP contribution in [0.5, 0.6) is 0 Å². The SMILES string of the molecule is Fc1cc(Cl)cnc1CC(Cl)C1CC1. The second-order valence-electron chi connectivity index (χ2n) is 3.64. The molecule has 1 aliphatic carbocycles. The first kappa shape index (κ1) is 10.2. The zero-order valence-electron chi connectivity index (χ0n) is 7.51. The molecule has 1 aliphatic rings. The van der Waals surface area contributed by atoms with Gasteiger partial charge in [0.2, 0.25) is 0 Å². The van der Waals surface area contributed by atoms with Crippen molar-refractivity contribution in [2.75, 3.05) is 0 Å². The number of alkyl halides is 1. The number of hydrogen-bond donors (Lipinski definition) is 0. The van der Waals surface area contributed by atoms with Gasteiger partial charge in [-0.3, -0.25) is 4.98 Å². The topological polar surface area (TPSA) is 12.9 Å². The van der Waals surface area contributed by atoms with Gasteiger partial charge in [0.25, 0.3) is 0 Å². The summed E-state index contributed by atoms with van der Waals surface area (Å²) in [5, 5.41) is 0.335. The van der Waals surface area contributed by atoms with Crippen molar-refractivity contribution < 1.29 is 4.39 Å². The molecular formula is C10H10Cl2FN. The summed E-state index contributed by atoms with van der Waals surface area (Å²) in [5.41, 5.74) is 0.418. The van der Waals surface area contributed by atoms with E-state index in [4.69, 9.17) is 23.2 Å². The zero-order valence-corrected chi connectivity index (χ0v) is 9.02. The minimum Gasteiger partial charge on any atom is -0.257 e. The Morgan fingerprint density at radius 3 is 2.86 bits per heavy atom. The van der Waals surface area contributed by atoms with E-state index in [0.717, 1.165) is 12.8 Å². The number of nitrogens with zero attached hydrogens (tertiary/aromatic N) is 1. The number of rotatable bonds is 3. The lowest BCUT2D eigenvalue weighted by molar-refractivity contribution is 0.587. The van der Waals surface area contributed by atoms with Gasteiger partial charge >= 0.3 is 0 Å². The lowest BCUT2D eigenvalue weighted by atomic mass is 10.1. The van der Waals surface area contributed by atoms with E-state index in [2.05, 4.69) is 4.98 Å². The highest BCUT2D eigenvalue weighted by atomic mass is 35.5. The van der Waals surface area contributed by atoms with Crippen LogP contribution in [0, 0.1) is 11.7 Å². The summed E-state index contributed by atoms with van der Waals surface area (Å²) in [4.78, 5) is 3.94. The smallest absolute Gasteiger partial charge is 0.146 e. The summed E-state index contributed by atoms with van der Waals surface area (Å²) in [6.07, 6.45) is 4.26.